The van der Waals surface area contributed by atoms with Crippen molar-refractivity contribution in [3.05, 3.63) is 40.8 Å². The summed E-state index contributed by atoms with van der Waals surface area (Å²) >= 11 is 0. The van der Waals surface area contributed by atoms with Crippen molar-refractivity contribution in [2.75, 3.05) is 20.8 Å². The summed E-state index contributed by atoms with van der Waals surface area (Å²) in [6.45, 7) is 1.03. The molecule has 1 aromatic carbocycles. The van der Waals surface area contributed by atoms with E-state index in [1.807, 2.05) is 31.3 Å². The predicted octanol–water partition coefficient (Wildman–Crippen LogP) is 0.631. The van der Waals surface area contributed by atoms with Crippen LogP contribution in [-0.2, 0) is 11.3 Å². The van der Waals surface area contributed by atoms with Crippen LogP contribution in [0.2, 0.25) is 0 Å². The number of hydrogen-bond donors (Lipinski definition) is 1. The first-order valence-corrected chi connectivity index (χ1v) is 5.87. The van der Waals surface area contributed by atoms with Gasteiger partial charge in [-0.2, -0.15) is 5.10 Å². The minimum Gasteiger partial charge on any atom is -0.383 e. The first-order chi connectivity index (χ1) is 8.76. The van der Waals surface area contributed by atoms with Crippen molar-refractivity contribution < 1.29 is 4.74 Å². The fraction of sp³-hybridized carbons (Fsp3) is 0.385. The molecule has 1 atom stereocenters. The maximum absolute atomic E-state index is 12.2. The molecule has 0 aliphatic rings. The van der Waals surface area contributed by atoms with Gasteiger partial charge in [-0.25, -0.2) is 4.68 Å². The molecule has 1 heterocycles. The number of benzene rings is 1. The van der Waals surface area contributed by atoms with E-state index in [0.29, 0.717) is 18.5 Å². The number of hydrogen-bond acceptors (Lipinski definition) is 4. The second-order valence-electron chi connectivity index (χ2n) is 4.16. The molecule has 5 nitrogen and oxygen atoms in total. The Morgan fingerprint density at radius 1 is 1.44 bits per heavy atom. The predicted molar refractivity (Wildman–Crippen MR) is 70.7 cm³/mol. The van der Waals surface area contributed by atoms with Crippen molar-refractivity contribution in [3.63, 3.8) is 0 Å². The van der Waals surface area contributed by atoms with Gasteiger partial charge in [-0.3, -0.25) is 4.79 Å². The van der Waals surface area contributed by atoms with Crippen molar-refractivity contribution >= 4 is 10.8 Å². The molecule has 1 unspecified atom stereocenters. The Hall–Kier alpha value is -1.72. The minimum absolute atomic E-state index is 0.0653. The molecule has 0 bridgehead atoms. The van der Waals surface area contributed by atoms with Gasteiger partial charge in [-0.15, -0.1) is 0 Å². The molecule has 0 aliphatic heterocycles. The average molecular weight is 247 g/mol. The first kappa shape index (κ1) is 12.7. The summed E-state index contributed by atoms with van der Waals surface area (Å²) in [7, 11) is 3.48. The summed E-state index contributed by atoms with van der Waals surface area (Å²) in [5.74, 6) is 0. The number of nitrogens with zero attached hydrogens (tertiary/aromatic N) is 2. The molecule has 0 saturated heterocycles. The molecule has 0 amide bonds. The third-order valence-electron chi connectivity index (χ3n) is 2.93. The third kappa shape index (κ3) is 2.57. The lowest BCUT2D eigenvalue weighted by Crippen LogP contribution is -2.38. The van der Waals surface area contributed by atoms with Gasteiger partial charge in [-0.05, 0) is 13.1 Å². The van der Waals surface area contributed by atoms with Gasteiger partial charge in [0, 0.05) is 18.5 Å². The standard InChI is InChI=1S/C13H17N3O2/c1-14-11(9-18-2)8-16-13(17)12-6-4-3-5-10(12)7-15-16/h3-7,11,14H,8-9H2,1-2H3. The molecule has 96 valence electrons. The quantitative estimate of drug-likeness (QED) is 0.842. The summed E-state index contributed by atoms with van der Waals surface area (Å²) in [5, 5.41) is 8.85. The van der Waals surface area contributed by atoms with Gasteiger partial charge in [0.1, 0.15) is 0 Å². The number of fused-ring (bicyclic) bond motifs is 1. The van der Waals surface area contributed by atoms with E-state index in [9.17, 15) is 4.79 Å². The van der Waals surface area contributed by atoms with Crippen LogP contribution in [0.3, 0.4) is 0 Å². The Balaban J connectivity index is 2.34. The zero-order chi connectivity index (χ0) is 13.0. The van der Waals surface area contributed by atoms with Crippen molar-refractivity contribution in [1.82, 2.24) is 15.1 Å². The molecular formula is C13H17N3O2. The van der Waals surface area contributed by atoms with Crippen molar-refractivity contribution in [3.8, 4) is 0 Å². The first-order valence-electron chi connectivity index (χ1n) is 5.87. The Morgan fingerprint density at radius 2 is 2.22 bits per heavy atom. The fourth-order valence-electron chi connectivity index (χ4n) is 1.90. The van der Waals surface area contributed by atoms with Crippen LogP contribution < -0.4 is 10.9 Å². The van der Waals surface area contributed by atoms with E-state index in [2.05, 4.69) is 10.4 Å². The third-order valence-corrected chi connectivity index (χ3v) is 2.93. The second-order valence-corrected chi connectivity index (χ2v) is 4.16. The van der Waals surface area contributed by atoms with Crippen LogP contribution in [0.4, 0.5) is 0 Å². The number of nitrogens with one attached hydrogen (secondary N) is 1. The highest BCUT2D eigenvalue weighted by molar-refractivity contribution is 5.80. The molecule has 1 N–H and O–H groups in total. The molecular weight excluding hydrogens is 230 g/mol. The van der Waals surface area contributed by atoms with Gasteiger partial charge in [-0.1, -0.05) is 18.2 Å². The number of ether oxygens (including phenoxy) is 1. The Labute approximate surface area is 105 Å². The van der Waals surface area contributed by atoms with Gasteiger partial charge >= 0.3 is 0 Å². The van der Waals surface area contributed by atoms with Crippen LogP contribution in [0, 0.1) is 0 Å². The van der Waals surface area contributed by atoms with E-state index in [0.717, 1.165) is 5.39 Å². The van der Waals surface area contributed by atoms with E-state index in [4.69, 9.17) is 4.74 Å². The average Bonchev–Trinajstić information content (AvgIpc) is 2.41. The summed E-state index contributed by atoms with van der Waals surface area (Å²) in [5.41, 5.74) is -0.0653. The molecule has 0 fully saturated rings. The maximum Gasteiger partial charge on any atom is 0.274 e. The summed E-state index contributed by atoms with van der Waals surface area (Å²) < 4.78 is 6.56. The van der Waals surface area contributed by atoms with Crippen LogP contribution in [0.1, 0.15) is 0 Å². The lowest BCUT2D eigenvalue weighted by atomic mass is 10.2. The highest BCUT2D eigenvalue weighted by Crippen LogP contribution is 2.06. The van der Waals surface area contributed by atoms with Crippen LogP contribution >= 0.6 is 0 Å². The van der Waals surface area contributed by atoms with E-state index < -0.39 is 0 Å². The number of likely N-dealkylation sites (N-methyl/N-ethyl adjacent to an activating group) is 1. The van der Waals surface area contributed by atoms with Gasteiger partial charge in [0.2, 0.25) is 0 Å². The molecule has 1 aromatic heterocycles. The minimum atomic E-state index is -0.0653. The fourth-order valence-corrected chi connectivity index (χ4v) is 1.90. The van der Waals surface area contributed by atoms with Crippen LogP contribution in [-0.4, -0.2) is 36.6 Å². The summed E-state index contributed by atoms with van der Waals surface area (Å²) in [6.07, 6.45) is 1.72. The normalized spacial score (nSPS) is 12.8. The molecule has 5 heteroatoms. The van der Waals surface area contributed by atoms with Crippen molar-refractivity contribution in [1.29, 1.82) is 0 Å². The van der Waals surface area contributed by atoms with Gasteiger partial charge in [0.15, 0.2) is 0 Å². The molecule has 0 aliphatic carbocycles. The van der Waals surface area contributed by atoms with Gasteiger partial charge < -0.3 is 10.1 Å². The summed E-state index contributed by atoms with van der Waals surface area (Å²) in [6, 6.07) is 7.54. The molecule has 0 spiro atoms. The highest BCUT2D eigenvalue weighted by atomic mass is 16.5. The molecule has 2 aromatic rings. The van der Waals surface area contributed by atoms with Gasteiger partial charge in [0.05, 0.1) is 24.7 Å². The second kappa shape index (κ2) is 5.75. The van der Waals surface area contributed by atoms with E-state index in [1.165, 1.54) is 4.68 Å². The molecule has 2 rings (SSSR count). The zero-order valence-electron chi connectivity index (χ0n) is 10.6. The largest absolute Gasteiger partial charge is 0.383 e. The highest BCUT2D eigenvalue weighted by Gasteiger charge is 2.10. The number of rotatable bonds is 5. The zero-order valence-corrected chi connectivity index (χ0v) is 10.6. The monoisotopic (exact) mass is 247 g/mol. The Morgan fingerprint density at radius 3 is 2.94 bits per heavy atom. The van der Waals surface area contributed by atoms with Crippen LogP contribution in [0.15, 0.2) is 35.3 Å². The Kier molecular flexibility index (Phi) is 4.07. The van der Waals surface area contributed by atoms with Crippen LogP contribution in [0.5, 0.6) is 0 Å². The summed E-state index contributed by atoms with van der Waals surface area (Å²) in [4.78, 5) is 12.2. The van der Waals surface area contributed by atoms with E-state index in [1.54, 1.807) is 13.3 Å². The number of aromatic nitrogens is 2. The van der Waals surface area contributed by atoms with Crippen molar-refractivity contribution in [2.45, 2.75) is 12.6 Å². The van der Waals surface area contributed by atoms with E-state index in [-0.39, 0.29) is 11.6 Å². The van der Waals surface area contributed by atoms with Crippen LogP contribution in [0.25, 0.3) is 10.8 Å². The lowest BCUT2D eigenvalue weighted by Gasteiger charge is -2.15. The van der Waals surface area contributed by atoms with E-state index >= 15 is 0 Å². The lowest BCUT2D eigenvalue weighted by molar-refractivity contribution is 0.159. The molecule has 0 radical (unpaired) electrons. The maximum atomic E-state index is 12.2. The van der Waals surface area contributed by atoms with Crippen molar-refractivity contribution in [2.24, 2.45) is 0 Å². The van der Waals surface area contributed by atoms with Gasteiger partial charge in [0.25, 0.3) is 5.56 Å². The SMILES string of the molecule is CNC(COC)Cn1ncc2ccccc2c1=O. The molecule has 18 heavy (non-hydrogen) atoms. The molecule has 0 saturated carbocycles. The smallest absolute Gasteiger partial charge is 0.274 e. The topological polar surface area (TPSA) is 56.1 Å². The number of methoxy groups -OCH3 is 1. The Bertz CT molecular complexity index is 580.